The Labute approximate surface area is 114 Å². The summed E-state index contributed by atoms with van der Waals surface area (Å²) in [5.41, 5.74) is 0.657. The van der Waals surface area contributed by atoms with Gasteiger partial charge >= 0.3 is 0 Å². The van der Waals surface area contributed by atoms with Crippen LogP contribution < -0.4 is 10.6 Å². The molecule has 1 aliphatic heterocycles. The molecule has 0 aromatic carbocycles. The van der Waals surface area contributed by atoms with Crippen molar-refractivity contribution < 1.29 is 4.79 Å². The second kappa shape index (κ2) is 6.52. The monoisotopic (exact) mass is 262 g/mol. The van der Waals surface area contributed by atoms with E-state index in [0.29, 0.717) is 17.3 Å². The lowest BCUT2D eigenvalue weighted by molar-refractivity contribution is 0.0947. The predicted molar refractivity (Wildman–Crippen MR) is 76.3 cm³/mol. The van der Waals surface area contributed by atoms with Crippen LogP contribution in [0.3, 0.4) is 0 Å². The molecule has 0 radical (unpaired) electrons. The van der Waals surface area contributed by atoms with Gasteiger partial charge in [-0.1, -0.05) is 6.92 Å². The summed E-state index contributed by atoms with van der Waals surface area (Å²) in [4.78, 5) is 18.6. The Balaban J connectivity index is 1.84. The van der Waals surface area contributed by atoms with Crippen molar-refractivity contribution in [3.05, 3.63) is 23.9 Å². The third-order valence-corrected chi connectivity index (χ3v) is 3.65. The number of nitrogens with zero attached hydrogens (tertiary/aromatic N) is 2. The number of aromatic nitrogens is 1. The first-order valence-electron chi connectivity index (χ1n) is 6.87. The number of carbonyl (C=O) groups is 1. The minimum atomic E-state index is -0.0196. The molecule has 1 amide bonds. The first-order valence-corrected chi connectivity index (χ1v) is 6.87. The summed E-state index contributed by atoms with van der Waals surface area (Å²) in [7, 11) is 1.79. The lowest BCUT2D eigenvalue weighted by Crippen LogP contribution is -2.31. The first-order chi connectivity index (χ1) is 9.22. The zero-order chi connectivity index (χ0) is 13.7. The molecule has 1 saturated heterocycles. The summed E-state index contributed by atoms with van der Waals surface area (Å²) in [5, 5.41) is 5.95. The van der Waals surface area contributed by atoms with E-state index in [1.165, 1.54) is 6.42 Å². The Hall–Kier alpha value is -1.62. The van der Waals surface area contributed by atoms with Gasteiger partial charge in [-0.2, -0.15) is 0 Å². The van der Waals surface area contributed by atoms with Gasteiger partial charge < -0.3 is 15.5 Å². The highest BCUT2D eigenvalue weighted by molar-refractivity contribution is 5.94. The molecule has 2 rings (SSSR count). The topological polar surface area (TPSA) is 57.3 Å². The van der Waals surface area contributed by atoms with Crippen molar-refractivity contribution in [1.82, 2.24) is 15.2 Å². The van der Waals surface area contributed by atoms with E-state index < -0.39 is 0 Å². The molecule has 1 atom stereocenters. The van der Waals surface area contributed by atoms with Gasteiger partial charge in [-0.3, -0.25) is 4.79 Å². The largest absolute Gasteiger partial charge is 0.373 e. The van der Waals surface area contributed by atoms with Crippen molar-refractivity contribution in [3.8, 4) is 0 Å². The molecule has 0 bridgehead atoms. The number of likely N-dealkylation sites (tertiary alicyclic amines) is 1. The molecular formula is C14H22N4O. The van der Waals surface area contributed by atoms with E-state index in [1.807, 2.05) is 0 Å². The van der Waals surface area contributed by atoms with Crippen molar-refractivity contribution in [2.24, 2.45) is 5.92 Å². The molecule has 2 heterocycles. The van der Waals surface area contributed by atoms with Gasteiger partial charge in [-0.25, -0.2) is 4.98 Å². The van der Waals surface area contributed by atoms with Crippen molar-refractivity contribution >= 4 is 11.7 Å². The number of pyridine rings is 1. The van der Waals surface area contributed by atoms with Crippen molar-refractivity contribution in [2.75, 3.05) is 38.5 Å². The van der Waals surface area contributed by atoms with E-state index >= 15 is 0 Å². The smallest absolute Gasteiger partial charge is 0.251 e. The van der Waals surface area contributed by atoms with Crippen LogP contribution in [0.15, 0.2) is 18.3 Å². The molecule has 5 heteroatoms. The van der Waals surface area contributed by atoms with Crippen molar-refractivity contribution in [3.63, 3.8) is 0 Å². The lowest BCUT2D eigenvalue weighted by Gasteiger charge is -2.13. The lowest BCUT2D eigenvalue weighted by atomic mass is 10.1. The third-order valence-electron chi connectivity index (χ3n) is 3.65. The zero-order valence-electron chi connectivity index (χ0n) is 11.6. The number of amides is 1. The SMILES string of the molecule is CCN1CCC(CNC(=O)c2ccnc(NC)c2)C1. The van der Waals surface area contributed by atoms with Crippen LogP contribution in [0.5, 0.6) is 0 Å². The molecule has 1 unspecified atom stereocenters. The minimum Gasteiger partial charge on any atom is -0.373 e. The summed E-state index contributed by atoms with van der Waals surface area (Å²) in [6, 6.07) is 3.51. The van der Waals surface area contributed by atoms with Gasteiger partial charge in [0, 0.05) is 31.9 Å². The summed E-state index contributed by atoms with van der Waals surface area (Å²) in [5.74, 6) is 1.27. The van der Waals surface area contributed by atoms with Gasteiger partial charge in [-0.15, -0.1) is 0 Å². The van der Waals surface area contributed by atoms with E-state index in [2.05, 4.69) is 27.4 Å². The van der Waals surface area contributed by atoms with Crippen LogP contribution in [0.2, 0.25) is 0 Å². The third kappa shape index (κ3) is 3.67. The molecule has 1 aliphatic rings. The predicted octanol–water partition coefficient (Wildman–Crippen LogP) is 1.19. The second-order valence-corrected chi connectivity index (χ2v) is 4.94. The molecule has 1 aromatic heterocycles. The van der Waals surface area contributed by atoms with Gasteiger partial charge in [0.15, 0.2) is 0 Å². The summed E-state index contributed by atoms with van der Waals surface area (Å²) in [6.07, 6.45) is 2.82. The van der Waals surface area contributed by atoms with Gasteiger partial charge in [-0.05, 0) is 37.6 Å². The molecule has 1 fully saturated rings. The molecule has 5 nitrogen and oxygen atoms in total. The molecular weight excluding hydrogens is 240 g/mol. The highest BCUT2D eigenvalue weighted by Crippen LogP contribution is 2.14. The van der Waals surface area contributed by atoms with Gasteiger partial charge in [0.05, 0.1) is 0 Å². The minimum absolute atomic E-state index is 0.0196. The van der Waals surface area contributed by atoms with E-state index in [9.17, 15) is 4.79 Å². The molecule has 19 heavy (non-hydrogen) atoms. The van der Waals surface area contributed by atoms with Crippen LogP contribution in [0.1, 0.15) is 23.7 Å². The average molecular weight is 262 g/mol. The van der Waals surface area contributed by atoms with Crippen LogP contribution in [-0.4, -0.2) is 49.0 Å². The second-order valence-electron chi connectivity index (χ2n) is 4.94. The van der Waals surface area contributed by atoms with E-state index in [0.717, 1.165) is 26.2 Å². The number of hydrogen-bond donors (Lipinski definition) is 2. The molecule has 104 valence electrons. The quantitative estimate of drug-likeness (QED) is 0.837. The fraction of sp³-hybridized carbons (Fsp3) is 0.571. The molecule has 0 aliphatic carbocycles. The maximum atomic E-state index is 12.0. The maximum absolute atomic E-state index is 12.0. The van der Waals surface area contributed by atoms with Crippen LogP contribution >= 0.6 is 0 Å². The Morgan fingerprint density at radius 1 is 1.58 bits per heavy atom. The van der Waals surface area contributed by atoms with Crippen LogP contribution in [0.4, 0.5) is 5.82 Å². The van der Waals surface area contributed by atoms with E-state index in [-0.39, 0.29) is 5.91 Å². The van der Waals surface area contributed by atoms with Gasteiger partial charge in [0.2, 0.25) is 0 Å². The molecule has 0 saturated carbocycles. The highest BCUT2D eigenvalue weighted by Gasteiger charge is 2.21. The molecule has 1 aromatic rings. The Morgan fingerprint density at radius 2 is 2.42 bits per heavy atom. The summed E-state index contributed by atoms with van der Waals surface area (Å²) in [6.45, 7) is 6.27. The van der Waals surface area contributed by atoms with Crippen LogP contribution in [-0.2, 0) is 0 Å². The number of rotatable bonds is 5. The molecule has 2 N–H and O–H groups in total. The summed E-state index contributed by atoms with van der Waals surface area (Å²) >= 11 is 0. The number of nitrogens with one attached hydrogen (secondary N) is 2. The van der Waals surface area contributed by atoms with Crippen LogP contribution in [0.25, 0.3) is 0 Å². The number of carbonyl (C=O) groups excluding carboxylic acids is 1. The van der Waals surface area contributed by atoms with Gasteiger partial charge in [0.1, 0.15) is 5.82 Å². The first kappa shape index (κ1) is 13.8. The molecule has 0 spiro atoms. The highest BCUT2D eigenvalue weighted by atomic mass is 16.1. The Morgan fingerprint density at radius 3 is 3.11 bits per heavy atom. The van der Waals surface area contributed by atoms with E-state index in [1.54, 1.807) is 25.4 Å². The fourth-order valence-electron chi connectivity index (χ4n) is 2.41. The van der Waals surface area contributed by atoms with Gasteiger partial charge in [0.25, 0.3) is 5.91 Å². The average Bonchev–Trinajstić information content (AvgIpc) is 2.93. The van der Waals surface area contributed by atoms with Crippen molar-refractivity contribution in [1.29, 1.82) is 0 Å². The normalized spacial score (nSPS) is 19.4. The number of hydrogen-bond acceptors (Lipinski definition) is 4. The van der Waals surface area contributed by atoms with Crippen LogP contribution in [0, 0.1) is 5.92 Å². The number of anilines is 1. The Kier molecular flexibility index (Phi) is 4.74. The maximum Gasteiger partial charge on any atom is 0.251 e. The zero-order valence-corrected chi connectivity index (χ0v) is 11.6. The fourth-order valence-corrected chi connectivity index (χ4v) is 2.41. The Bertz CT molecular complexity index is 435. The van der Waals surface area contributed by atoms with Crippen molar-refractivity contribution in [2.45, 2.75) is 13.3 Å². The standard InChI is InChI=1S/C14H22N4O/c1-3-18-7-5-11(10-18)9-17-14(19)12-4-6-16-13(8-12)15-2/h4,6,8,11H,3,5,7,9-10H2,1-2H3,(H,15,16)(H,17,19). The van der Waals surface area contributed by atoms with E-state index in [4.69, 9.17) is 0 Å². The summed E-state index contributed by atoms with van der Waals surface area (Å²) < 4.78 is 0.